The van der Waals surface area contributed by atoms with E-state index in [4.69, 9.17) is 4.42 Å². The lowest BCUT2D eigenvalue weighted by molar-refractivity contribution is 0.0953. The molecule has 0 aliphatic carbocycles. The third-order valence-electron chi connectivity index (χ3n) is 3.59. The van der Waals surface area contributed by atoms with Crippen molar-refractivity contribution >= 4 is 5.91 Å². The van der Waals surface area contributed by atoms with E-state index in [9.17, 15) is 9.18 Å². The van der Waals surface area contributed by atoms with Crippen LogP contribution in [0.4, 0.5) is 4.39 Å². The van der Waals surface area contributed by atoms with E-state index in [1.807, 2.05) is 25.1 Å². The molecule has 122 valence electrons. The lowest BCUT2D eigenvalue weighted by Crippen LogP contribution is -2.26. The van der Waals surface area contributed by atoms with E-state index < -0.39 is 5.82 Å². The summed E-state index contributed by atoms with van der Waals surface area (Å²) in [6.07, 6.45) is 0.374. The van der Waals surface area contributed by atoms with Gasteiger partial charge in [-0.3, -0.25) is 4.79 Å². The molecular weight excluding hydrogens is 309 g/mol. The summed E-state index contributed by atoms with van der Waals surface area (Å²) in [6, 6.07) is 13.6. The van der Waals surface area contributed by atoms with Gasteiger partial charge >= 0.3 is 0 Å². The highest BCUT2D eigenvalue weighted by molar-refractivity contribution is 5.95. The first-order valence-electron chi connectivity index (χ1n) is 7.56. The van der Waals surface area contributed by atoms with Crippen LogP contribution >= 0.6 is 0 Å². The van der Waals surface area contributed by atoms with Crippen molar-refractivity contribution < 1.29 is 13.6 Å². The number of aryl methyl sites for hydroxylation is 1. The molecule has 0 bridgehead atoms. The van der Waals surface area contributed by atoms with Gasteiger partial charge in [0.1, 0.15) is 5.82 Å². The Morgan fingerprint density at radius 1 is 1.12 bits per heavy atom. The Kier molecular flexibility index (Phi) is 4.65. The molecule has 0 saturated carbocycles. The van der Waals surface area contributed by atoms with E-state index in [-0.39, 0.29) is 17.4 Å². The second-order valence-corrected chi connectivity index (χ2v) is 5.30. The summed E-state index contributed by atoms with van der Waals surface area (Å²) in [5.74, 6) is -0.0887. The van der Waals surface area contributed by atoms with Gasteiger partial charge < -0.3 is 9.73 Å². The topological polar surface area (TPSA) is 68.0 Å². The minimum Gasteiger partial charge on any atom is -0.421 e. The number of amides is 1. The number of rotatable bonds is 5. The molecule has 0 atom stereocenters. The highest BCUT2D eigenvalue weighted by Gasteiger charge is 2.13. The lowest BCUT2D eigenvalue weighted by atomic mass is 10.1. The van der Waals surface area contributed by atoms with Crippen LogP contribution in [0.3, 0.4) is 0 Å². The molecule has 0 unspecified atom stereocenters. The van der Waals surface area contributed by atoms with Gasteiger partial charge in [-0.1, -0.05) is 30.3 Å². The van der Waals surface area contributed by atoms with Crippen LogP contribution in [0.2, 0.25) is 0 Å². The monoisotopic (exact) mass is 325 g/mol. The van der Waals surface area contributed by atoms with Crippen molar-refractivity contribution in [2.75, 3.05) is 6.54 Å². The van der Waals surface area contributed by atoms with Crippen molar-refractivity contribution in [3.63, 3.8) is 0 Å². The Morgan fingerprint density at radius 2 is 1.88 bits per heavy atom. The van der Waals surface area contributed by atoms with Crippen LogP contribution in [-0.2, 0) is 6.42 Å². The van der Waals surface area contributed by atoms with Gasteiger partial charge in [0.25, 0.3) is 11.8 Å². The van der Waals surface area contributed by atoms with Crippen molar-refractivity contribution in [2.45, 2.75) is 13.3 Å². The molecule has 0 aliphatic rings. The van der Waals surface area contributed by atoms with Crippen molar-refractivity contribution in [2.24, 2.45) is 0 Å². The highest BCUT2D eigenvalue weighted by atomic mass is 19.1. The smallest absolute Gasteiger partial charge is 0.251 e. The molecule has 1 N–H and O–H groups in total. The summed E-state index contributed by atoms with van der Waals surface area (Å²) in [4.78, 5) is 12.1. The Balaban J connectivity index is 1.59. The number of carbonyl (C=O) groups is 1. The molecule has 5 nitrogen and oxygen atoms in total. The van der Waals surface area contributed by atoms with E-state index in [1.54, 1.807) is 24.3 Å². The molecule has 24 heavy (non-hydrogen) atoms. The predicted molar refractivity (Wildman–Crippen MR) is 86.9 cm³/mol. The maximum absolute atomic E-state index is 13.7. The standard InChI is InChI=1S/C18H16FN3O2/c1-12-6-2-3-7-13(12)17(23)20-11-10-16-21-22-18(24-16)14-8-4-5-9-15(14)19/h2-9H,10-11H2,1H3,(H,20,23). The first-order chi connectivity index (χ1) is 11.6. The van der Waals surface area contributed by atoms with Crippen molar-refractivity contribution in [3.05, 3.63) is 71.4 Å². The highest BCUT2D eigenvalue weighted by Crippen LogP contribution is 2.20. The fourth-order valence-corrected chi connectivity index (χ4v) is 2.30. The molecule has 0 fully saturated rings. The van der Waals surface area contributed by atoms with Crippen LogP contribution in [0.5, 0.6) is 0 Å². The van der Waals surface area contributed by atoms with Crippen LogP contribution < -0.4 is 5.32 Å². The number of hydrogen-bond donors (Lipinski definition) is 1. The number of halogens is 1. The Labute approximate surface area is 138 Å². The Hall–Kier alpha value is -3.02. The fourth-order valence-electron chi connectivity index (χ4n) is 2.30. The lowest BCUT2D eigenvalue weighted by Gasteiger charge is -2.06. The largest absolute Gasteiger partial charge is 0.421 e. The van der Waals surface area contributed by atoms with Gasteiger partial charge in [0, 0.05) is 18.5 Å². The molecule has 1 amide bonds. The summed E-state index contributed by atoms with van der Waals surface area (Å²) in [7, 11) is 0. The quantitative estimate of drug-likeness (QED) is 0.782. The SMILES string of the molecule is Cc1ccccc1C(=O)NCCc1nnc(-c2ccccc2F)o1. The molecule has 1 aromatic heterocycles. The molecule has 2 aromatic carbocycles. The summed E-state index contributed by atoms with van der Waals surface area (Å²) >= 11 is 0. The number of nitrogens with one attached hydrogen (secondary N) is 1. The normalized spacial score (nSPS) is 10.6. The van der Waals surface area contributed by atoms with E-state index in [2.05, 4.69) is 15.5 Å². The molecule has 6 heteroatoms. The minimum absolute atomic E-state index is 0.133. The number of hydrogen-bond acceptors (Lipinski definition) is 4. The van der Waals surface area contributed by atoms with Crippen LogP contribution in [-0.4, -0.2) is 22.6 Å². The number of nitrogens with zero attached hydrogens (tertiary/aromatic N) is 2. The van der Waals surface area contributed by atoms with Crippen LogP contribution in [0.15, 0.2) is 52.9 Å². The van der Waals surface area contributed by atoms with Gasteiger partial charge in [0.15, 0.2) is 0 Å². The van der Waals surface area contributed by atoms with Crippen LogP contribution in [0.1, 0.15) is 21.8 Å². The maximum atomic E-state index is 13.7. The van der Waals surface area contributed by atoms with E-state index in [1.165, 1.54) is 6.07 Å². The molecule has 0 saturated heterocycles. The zero-order valence-corrected chi connectivity index (χ0v) is 13.1. The van der Waals surface area contributed by atoms with Gasteiger partial charge in [0.2, 0.25) is 5.89 Å². The molecule has 3 aromatic rings. The van der Waals surface area contributed by atoms with Gasteiger partial charge in [0.05, 0.1) is 5.56 Å². The summed E-state index contributed by atoms with van der Waals surface area (Å²) in [6.45, 7) is 2.24. The molecule has 0 aliphatic heterocycles. The summed E-state index contributed by atoms with van der Waals surface area (Å²) in [5.41, 5.74) is 1.81. The average molecular weight is 325 g/mol. The molecular formula is C18H16FN3O2. The average Bonchev–Trinajstić information content (AvgIpc) is 3.04. The third kappa shape index (κ3) is 3.48. The Morgan fingerprint density at radius 3 is 2.67 bits per heavy atom. The van der Waals surface area contributed by atoms with E-state index >= 15 is 0 Å². The van der Waals surface area contributed by atoms with Crippen molar-refractivity contribution in [1.29, 1.82) is 0 Å². The molecule has 0 spiro atoms. The number of aromatic nitrogens is 2. The van der Waals surface area contributed by atoms with Gasteiger partial charge in [-0.15, -0.1) is 10.2 Å². The molecule has 3 rings (SSSR count). The minimum atomic E-state index is -0.416. The predicted octanol–water partition coefficient (Wildman–Crippen LogP) is 3.16. The molecule has 0 radical (unpaired) electrons. The maximum Gasteiger partial charge on any atom is 0.251 e. The summed E-state index contributed by atoms with van der Waals surface area (Å²) in [5, 5.41) is 10.5. The number of benzene rings is 2. The Bertz CT molecular complexity index is 861. The van der Waals surface area contributed by atoms with E-state index in [0.717, 1.165) is 5.56 Å². The second kappa shape index (κ2) is 7.04. The zero-order valence-electron chi connectivity index (χ0n) is 13.1. The fraction of sp³-hybridized carbons (Fsp3) is 0.167. The third-order valence-corrected chi connectivity index (χ3v) is 3.59. The molecule has 1 heterocycles. The summed E-state index contributed by atoms with van der Waals surface area (Å²) < 4.78 is 19.1. The van der Waals surface area contributed by atoms with Crippen molar-refractivity contribution in [1.82, 2.24) is 15.5 Å². The first-order valence-corrected chi connectivity index (χ1v) is 7.56. The second-order valence-electron chi connectivity index (χ2n) is 5.30. The van der Waals surface area contributed by atoms with E-state index in [0.29, 0.717) is 24.4 Å². The first kappa shape index (κ1) is 15.9. The van der Waals surface area contributed by atoms with Crippen LogP contribution in [0.25, 0.3) is 11.5 Å². The van der Waals surface area contributed by atoms with Crippen LogP contribution in [0, 0.1) is 12.7 Å². The van der Waals surface area contributed by atoms with Gasteiger partial charge in [-0.2, -0.15) is 0 Å². The zero-order chi connectivity index (χ0) is 16.9. The van der Waals surface area contributed by atoms with Gasteiger partial charge in [-0.05, 0) is 30.7 Å². The van der Waals surface area contributed by atoms with Gasteiger partial charge in [-0.25, -0.2) is 4.39 Å². The number of carbonyl (C=O) groups excluding carboxylic acids is 1. The van der Waals surface area contributed by atoms with Crippen molar-refractivity contribution in [3.8, 4) is 11.5 Å².